The van der Waals surface area contributed by atoms with E-state index in [4.69, 9.17) is 28.4 Å². The number of carbonyl (C=O) groups is 1. The molecule has 0 aliphatic carbocycles. The van der Waals surface area contributed by atoms with Crippen LogP contribution in [0.15, 0.2) is 30.3 Å². The summed E-state index contributed by atoms with van der Waals surface area (Å²) in [6.07, 6.45) is 0.499. The maximum Gasteiger partial charge on any atom is 0.171 e. The molecule has 0 spiro atoms. The Morgan fingerprint density at radius 1 is 0.767 bits per heavy atom. The molecule has 0 radical (unpaired) electrons. The fraction of sp³-hybridized carbons (Fsp3) is 0.435. The van der Waals surface area contributed by atoms with Crippen molar-refractivity contribution in [2.45, 2.75) is 12.2 Å². The van der Waals surface area contributed by atoms with Gasteiger partial charge in [0.1, 0.15) is 0 Å². The molecule has 2 aliphatic rings. The topological polar surface area (TPSA) is 72.5 Å². The molecule has 0 N–H and O–H groups in total. The second kappa shape index (κ2) is 8.53. The summed E-state index contributed by atoms with van der Waals surface area (Å²) < 4.78 is 33.9. The highest BCUT2D eigenvalue weighted by atomic mass is 16.5. The smallest absolute Gasteiger partial charge is 0.171 e. The Morgan fingerprint density at radius 2 is 1.37 bits per heavy atom. The Hall–Kier alpha value is -2.77. The van der Waals surface area contributed by atoms with E-state index in [0.29, 0.717) is 41.8 Å². The van der Waals surface area contributed by atoms with Crippen LogP contribution in [0.3, 0.4) is 0 Å². The van der Waals surface area contributed by atoms with Gasteiger partial charge in [0.25, 0.3) is 0 Å². The van der Waals surface area contributed by atoms with E-state index in [1.165, 1.54) is 7.11 Å². The molecule has 2 heterocycles. The summed E-state index contributed by atoms with van der Waals surface area (Å²) in [4.78, 5) is 11.6. The zero-order valence-corrected chi connectivity index (χ0v) is 17.5. The van der Waals surface area contributed by atoms with E-state index in [1.807, 2.05) is 30.3 Å². The lowest BCUT2D eigenvalue weighted by Gasteiger charge is -2.19. The van der Waals surface area contributed by atoms with E-state index in [1.54, 1.807) is 21.3 Å². The highest BCUT2D eigenvalue weighted by Crippen LogP contribution is 2.51. The fourth-order valence-corrected chi connectivity index (χ4v) is 4.53. The number of carbonyl (C=O) groups excluding carboxylic acids is 1. The largest absolute Gasteiger partial charge is 0.493 e. The monoisotopic (exact) mass is 414 g/mol. The number of aldehydes is 1. The van der Waals surface area contributed by atoms with Gasteiger partial charge in [-0.25, -0.2) is 0 Å². The summed E-state index contributed by atoms with van der Waals surface area (Å²) in [7, 11) is 6.31. The molecule has 2 aromatic rings. The van der Waals surface area contributed by atoms with Gasteiger partial charge in [0.2, 0.25) is 0 Å². The first-order chi connectivity index (χ1) is 14.6. The van der Waals surface area contributed by atoms with Crippen molar-refractivity contribution in [3.05, 3.63) is 47.0 Å². The van der Waals surface area contributed by atoms with Crippen molar-refractivity contribution < 1.29 is 33.2 Å². The van der Waals surface area contributed by atoms with E-state index < -0.39 is 0 Å². The van der Waals surface area contributed by atoms with Crippen LogP contribution >= 0.6 is 0 Å². The summed E-state index contributed by atoms with van der Waals surface area (Å²) >= 11 is 0. The Labute approximate surface area is 175 Å². The molecule has 2 aromatic carbocycles. The van der Waals surface area contributed by atoms with Gasteiger partial charge >= 0.3 is 0 Å². The predicted octanol–water partition coefficient (Wildman–Crippen LogP) is 3.61. The van der Waals surface area contributed by atoms with E-state index in [9.17, 15) is 4.79 Å². The maximum absolute atomic E-state index is 11.6. The third-order valence-corrected chi connectivity index (χ3v) is 5.99. The minimum Gasteiger partial charge on any atom is -0.493 e. The summed E-state index contributed by atoms with van der Waals surface area (Å²) in [5.41, 5.74) is 2.36. The van der Waals surface area contributed by atoms with Crippen molar-refractivity contribution in [2.75, 3.05) is 41.7 Å². The van der Waals surface area contributed by atoms with Crippen LogP contribution in [-0.4, -0.2) is 47.9 Å². The number of hydrogen-bond donors (Lipinski definition) is 0. The van der Waals surface area contributed by atoms with Crippen LogP contribution in [0.1, 0.15) is 33.7 Å². The van der Waals surface area contributed by atoms with Gasteiger partial charge in [-0.15, -0.1) is 0 Å². The zero-order valence-electron chi connectivity index (χ0n) is 17.5. The molecule has 2 saturated heterocycles. The average Bonchev–Trinajstić information content (AvgIpc) is 3.39. The molecule has 160 valence electrons. The van der Waals surface area contributed by atoms with Crippen molar-refractivity contribution in [1.82, 2.24) is 0 Å². The summed E-state index contributed by atoms with van der Waals surface area (Å²) in [6, 6.07) is 9.54. The average molecular weight is 414 g/mol. The van der Waals surface area contributed by atoms with Gasteiger partial charge in [0.05, 0.1) is 59.4 Å². The molecule has 0 aromatic heterocycles. The molecule has 0 bridgehead atoms. The minimum atomic E-state index is -0.182. The quantitative estimate of drug-likeness (QED) is 0.641. The first-order valence-corrected chi connectivity index (χ1v) is 9.81. The minimum absolute atomic E-state index is 0.0921. The number of benzene rings is 2. The first kappa shape index (κ1) is 20.5. The van der Waals surface area contributed by atoms with Gasteiger partial charge in [-0.3, -0.25) is 4.79 Å². The predicted molar refractivity (Wildman–Crippen MR) is 109 cm³/mol. The molecule has 0 unspecified atom stereocenters. The van der Waals surface area contributed by atoms with E-state index in [0.717, 1.165) is 17.4 Å². The number of methoxy groups -OCH3 is 4. The zero-order chi connectivity index (χ0) is 21.3. The number of fused-ring (bicyclic) bond motifs is 1. The van der Waals surface area contributed by atoms with Gasteiger partial charge in [0, 0.05) is 11.8 Å². The number of ether oxygens (including phenoxy) is 6. The highest BCUT2D eigenvalue weighted by molar-refractivity contribution is 5.81. The van der Waals surface area contributed by atoms with E-state index in [-0.39, 0.29) is 24.0 Å². The molecule has 2 aliphatic heterocycles. The third kappa shape index (κ3) is 3.38. The summed E-state index contributed by atoms with van der Waals surface area (Å²) in [5, 5.41) is 0. The summed E-state index contributed by atoms with van der Waals surface area (Å²) in [5.74, 6) is 2.66. The summed E-state index contributed by atoms with van der Waals surface area (Å²) in [6.45, 7) is 1.14. The standard InChI is InChI=1S/C23H26O7/c1-25-18-6-5-13(8-19(18)26-2)21-16-11-30-22(17(16)12-29-21)14-7-15(10-24)23(28-4)20(9-14)27-3/h5-10,16-17,21-22H,11-12H2,1-4H3/t16-,17-,21-,22+/m0/s1. The molecule has 0 amide bonds. The number of rotatable bonds is 7. The lowest BCUT2D eigenvalue weighted by atomic mass is 9.84. The molecular weight excluding hydrogens is 388 g/mol. The van der Waals surface area contributed by atoms with Crippen molar-refractivity contribution in [2.24, 2.45) is 11.8 Å². The Balaban J connectivity index is 1.61. The third-order valence-electron chi connectivity index (χ3n) is 5.99. The van der Waals surface area contributed by atoms with Crippen LogP contribution in [0.5, 0.6) is 23.0 Å². The molecule has 2 fully saturated rings. The van der Waals surface area contributed by atoms with Gasteiger partial charge in [-0.05, 0) is 35.4 Å². The van der Waals surface area contributed by atoms with E-state index >= 15 is 0 Å². The van der Waals surface area contributed by atoms with Gasteiger partial charge in [-0.2, -0.15) is 0 Å². The van der Waals surface area contributed by atoms with Crippen LogP contribution in [0.4, 0.5) is 0 Å². The normalized spacial score (nSPS) is 24.9. The molecule has 4 atom stereocenters. The molecule has 7 heteroatoms. The SMILES string of the molecule is COc1ccc([C@@H]2OC[C@H]3[C@@H]2CO[C@@H]3c2cc(C=O)c(OC)c(OC)c2)cc1OC. The molecular formula is C23H26O7. The lowest BCUT2D eigenvalue weighted by Crippen LogP contribution is -2.15. The molecule has 30 heavy (non-hydrogen) atoms. The Morgan fingerprint density at radius 3 is 1.93 bits per heavy atom. The molecule has 7 nitrogen and oxygen atoms in total. The Bertz CT molecular complexity index is 926. The van der Waals surface area contributed by atoms with Crippen LogP contribution < -0.4 is 18.9 Å². The highest BCUT2D eigenvalue weighted by Gasteiger charge is 2.48. The molecule has 4 rings (SSSR count). The second-order valence-electron chi connectivity index (χ2n) is 7.41. The van der Waals surface area contributed by atoms with Gasteiger partial charge in [-0.1, -0.05) is 6.07 Å². The van der Waals surface area contributed by atoms with Crippen LogP contribution in [0.25, 0.3) is 0 Å². The maximum atomic E-state index is 11.6. The van der Waals surface area contributed by atoms with Crippen molar-refractivity contribution in [3.8, 4) is 23.0 Å². The van der Waals surface area contributed by atoms with Crippen molar-refractivity contribution >= 4 is 6.29 Å². The van der Waals surface area contributed by atoms with Crippen LogP contribution in [0, 0.1) is 11.8 Å². The molecule has 0 saturated carbocycles. The van der Waals surface area contributed by atoms with Crippen molar-refractivity contribution in [1.29, 1.82) is 0 Å². The first-order valence-electron chi connectivity index (χ1n) is 9.81. The number of hydrogen-bond acceptors (Lipinski definition) is 7. The van der Waals surface area contributed by atoms with Gasteiger partial charge in [0.15, 0.2) is 29.3 Å². The van der Waals surface area contributed by atoms with Crippen LogP contribution in [-0.2, 0) is 9.47 Å². The second-order valence-corrected chi connectivity index (χ2v) is 7.41. The Kier molecular flexibility index (Phi) is 5.83. The van der Waals surface area contributed by atoms with E-state index in [2.05, 4.69) is 0 Å². The van der Waals surface area contributed by atoms with Gasteiger partial charge < -0.3 is 28.4 Å². The van der Waals surface area contributed by atoms with Crippen LogP contribution in [0.2, 0.25) is 0 Å². The lowest BCUT2D eigenvalue weighted by molar-refractivity contribution is 0.0191. The van der Waals surface area contributed by atoms with Crippen molar-refractivity contribution in [3.63, 3.8) is 0 Å². The fourth-order valence-electron chi connectivity index (χ4n) is 4.53.